The summed E-state index contributed by atoms with van der Waals surface area (Å²) in [4.78, 5) is 18.7. The summed E-state index contributed by atoms with van der Waals surface area (Å²) in [6.45, 7) is 33.4. The van der Waals surface area contributed by atoms with Crippen LogP contribution in [-0.2, 0) is 0 Å². The molecular weight excluding hydrogens is 691 g/mol. The maximum Gasteiger partial charge on any atom is 0.225 e. The highest BCUT2D eigenvalue weighted by Crippen LogP contribution is 2.48. The van der Waals surface area contributed by atoms with Gasteiger partial charge in [-0.25, -0.2) is 0 Å². The normalized spacial score (nSPS) is 29.6. The van der Waals surface area contributed by atoms with Gasteiger partial charge in [0.1, 0.15) is 0 Å². The van der Waals surface area contributed by atoms with Crippen LogP contribution in [0.5, 0.6) is 0 Å². The fourth-order valence-corrected chi connectivity index (χ4v) is 11.7. The van der Waals surface area contributed by atoms with Gasteiger partial charge >= 0.3 is 0 Å². The second-order valence-electron chi connectivity index (χ2n) is 22.1. The Morgan fingerprint density at radius 1 is 0.434 bits per heavy atom. The van der Waals surface area contributed by atoms with Crippen LogP contribution in [0.3, 0.4) is 0 Å². The molecule has 5 N–H and O–H groups in total. The molecule has 0 aliphatic carbocycles. The first kappa shape index (κ1) is 42.6. The second-order valence-corrected chi connectivity index (χ2v) is 22.5. The van der Waals surface area contributed by atoms with Crippen molar-refractivity contribution < 1.29 is 20.8 Å². The molecule has 0 aromatic carbocycles. The average Bonchev–Trinajstić information content (AvgIpc) is 2.95. The number of aromatic nitrogens is 3. The monoisotopic (exact) mass is 764 g/mol. The summed E-state index contributed by atoms with van der Waals surface area (Å²) in [6, 6.07) is -0.0627. The molecule has 0 unspecified atom stereocenters. The molecule has 4 fully saturated rings. The number of aromatic amines is 1. The predicted molar refractivity (Wildman–Crippen MR) is 211 cm³/mol. The lowest BCUT2D eigenvalue weighted by Crippen LogP contribution is -2.68. The van der Waals surface area contributed by atoms with E-state index in [0.29, 0.717) is 63.3 Å². The van der Waals surface area contributed by atoms with E-state index < -0.39 is 44.3 Å². The third-order valence-corrected chi connectivity index (χ3v) is 13.3. The number of hydroxylamine groups is 8. The first-order valence-corrected chi connectivity index (χ1v) is 20.2. The predicted octanol–water partition coefficient (Wildman–Crippen LogP) is 7.79. The Morgan fingerprint density at radius 3 is 0.774 bits per heavy atom. The lowest BCUT2D eigenvalue weighted by Gasteiger charge is -2.59. The summed E-state index contributed by atoms with van der Waals surface area (Å²) in [6.07, 6.45) is 5.49. The third-order valence-electron chi connectivity index (χ3n) is 13.2. The van der Waals surface area contributed by atoms with Crippen molar-refractivity contribution in [2.75, 3.05) is 9.80 Å². The topological polar surface area (TPSA) is 142 Å². The number of piperidine rings is 4. The van der Waals surface area contributed by atoms with E-state index >= 15 is 0 Å². The minimum absolute atomic E-state index is 0.0157. The van der Waals surface area contributed by atoms with Gasteiger partial charge in [0, 0.05) is 68.5 Å². The molecule has 1 aromatic rings. The SMILES string of the molecule is CC1(C)CC(N(c2nc(=S)nc(N(C3CC(C)(C)N(O)C(C)(C)C3)C3CC(C)(C)N(O)C(C)(C)C3)[nH]2)C2CC(C)(C)N(O)C(C)(C)C2)CC(C)(C)N1O. The molecule has 4 aliphatic heterocycles. The molecule has 4 aliphatic rings. The summed E-state index contributed by atoms with van der Waals surface area (Å²) in [5.74, 6) is 1.29. The van der Waals surface area contributed by atoms with Crippen molar-refractivity contribution >= 4 is 24.1 Å². The maximum absolute atomic E-state index is 11.4. The molecule has 4 saturated heterocycles. The van der Waals surface area contributed by atoms with Gasteiger partial charge in [-0.2, -0.15) is 30.2 Å². The van der Waals surface area contributed by atoms with E-state index in [1.165, 1.54) is 20.3 Å². The van der Waals surface area contributed by atoms with Gasteiger partial charge in [-0.15, -0.1) is 0 Å². The highest BCUT2D eigenvalue weighted by Gasteiger charge is 2.54. The maximum atomic E-state index is 11.4. The van der Waals surface area contributed by atoms with E-state index in [1.807, 2.05) is 0 Å². The minimum atomic E-state index is -0.517. The Bertz CT molecular complexity index is 1310. The van der Waals surface area contributed by atoms with Crippen LogP contribution in [0.4, 0.5) is 11.9 Å². The van der Waals surface area contributed by atoms with Crippen molar-refractivity contribution in [1.29, 1.82) is 0 Å². The fourth-order valence-electron chi connectivity index (χ4n) is 11.6. The fraction of sp³-hybridized carbons (Fsp3) is 0.923. The zero-order valence-corrected chi connectivity index (χ0v) is 36.6. The highest BCUT2D eigenvalue weighted by atomic mass is 32.1. The van der Waals surface area contributed by atoms with Crippen molar-refractivity contribution in [1.82, 2.24) is 35.2 Å². The van der Waals surface area contributed by atoms with Gasteiger partial charge in [0.05, 0.1) is 0 Å². The molecule has 53 heavy (non-hydrogen) atoms. The summed E-state index contributed by atoms with van der Waals surface area (Å²) >= 11 is 5.98. The second kappa shape index (κ2) is 13.3. The van der Waals surface area contributed by atoms with Crippen LogP contribution >= 0.6 is 12.2 Å². The summed E-state index contributed by atoms with van der Waals surface area (Å²) in [5.41, 5.74) is -4.14. The Hall–Kier alpha value is -1.49. The van der Waals surface area contributed by atoms with Crippen molar-refractivity contribution in [3.05, 3.63) is 4.77 Å². The van der Waals surface area contributed by atoms with Gasteiger partial charge in [0.2, 0.25) is 16.7 Å². The Labute approximate surface area is 324 Å². The molecular formula is C39H73N9O4S. The summed E-state index contributed by atoms with van der Waals surface area (Å²) in [7, 11) is 0. The smallest absolute Gasteiger partial charge is 0.225 e. The summed E-state index contributed by atoms with van der Waals surface area (Å²) < 4.78 is 0.246. The number of nitrogens with one attached hydrogen (secondary N) is 1. The first-order chi connectivity index (χ1) is 23.7. The van der Waals surface area contributed by atoms with Crippen LogP contribution in [0, 0.1) is 4.77 Å². The Morgan fingerprint density at radius 2 is 0.604 bits per heavy atom. The molecule has 1 aromatic heterocycles. The molecule has 0 spiro atoms. The van der Waals surface area contributed by atoms with E-state index in [2.05, 4.69) is 126 Å². The average molecular weight is 764 g/mol. The van der Waals surface area contributed by atoms with Gasteiger partial charge in [0.15, 0.2) is 0 Å². The molecule has 0 saturated carbocycles. The molecule has 0 bridgehead atoms. The number of rotatable bonds is 6. The number of nitrogens with zero attached hydrogens (tertiary/aromatic N) is 8. The van der Waals surface area contributed by atoms with E-state index in [1.54, 1.807) is 0 Å². The van der Waals surface area contributed by atoms with E-state index in [0.717, 1.165) is 0 Å². The lowest BCUT2D eigenvalue weighted by molar-refractivity contribution is -0.251. The van der Waals surface area contributed by atoms with Crippen LogP contribution in [-0.4, -0.2) is 125 Å². The van der Waals surface area contributed by atoms with Crippen LogP contribution in [0.1, 0.15) is 162 Å². The molecule has 5 heterocycles. The van der Waals surface area contributed by atoms with E-state index in [9.17, 15) is 20.8 Å². The molecule has 5 rings (SSSR count). The number of hydrogen-bond donors (Lipinski definition) is 5. The van der Waals surface area contributed by atoms with Gasteiger partial charge in [-0.3, -0.25) is 4.98 Å². The van der Waals surface area contributed by atoms with Gasteiger partial charge in [-0.1, -0.05) is 0 Å². The molecule has 304 valence electrons. The van der Waals surface area contributed by atoms with Crippen LogP contribution in [0.25, 0.3) is 0 Å². The molecule has 13 nitrogen and oxygen atoms in total. The van der Waals surface area contributed by atoms with Gasteiger partial charge in [0.25, 0.3) is 0 Å². The zero-order valence-electron chi connectivity index (χ0n) is 35.7. The quantitative estimate of drug-likeness (QED) is 0.180. The van der Waals surface area contributed by atoms with Crippen molar-refractivity contribution in [2.45, 2.75) is 231 Å². The van der Waals surface area contributed by atoms with Crippen LogP contribution in [0.2, 0.25) is 0 Å². The summed E-state index contributed by atoms with van der Waals surface area (Å²) in [5, 5.41) is 51.6. The van der Waals surface area contributed by atoms with Crippen molar-refractivity contribution in [3.8, 4) is 0 Å². The zero-order chi connectivity index (χ0) is 40.3. The Kier molecular flexibility index (Phi) is 10.7. The number of H-pyrrole nitrogens is 1. The molecule has 14 heteroatoms. The van der Waals surface area contributed by atoms with Crippen LogP contribution < -0.4 is 9.80 Å². The minimum Gasteiger partial charge on any atom is -0.336 e. The lowest BCUT2D eigenvalue weighted by atomic mass is 9.74. The highest BCUT2D eigenvalue weighted by molar-refractivity contribution is 7.71. The third kappa shape index (κ3) is 7.92. The van der Waals surface area contributed by atoms with E-state index in [4.69, 9.17) is 22.2 Å². The number of anilines is 2. The molecule has 0 radical (unpaired) electrons. The molecule has 0 amide bonds. The standard InChI is InChI=1S/C39H73N9O4S/c1-32(2)17-25(18-33(3,4)45(32)49)43(26-19-34(5,6)46(50)35(7,8)20-26)29-40-30(42-31(53)41-29)44(27-21-36(9,10)47(51)37(11,12)22-27)28-23-38(13,14)48(52)39(15,16)24-28/h25-28,49-52H,17-24H2,1-16H3,(H,40,41,42,53). The number of hydrogen-bond acceptors (Lipinski definition) is 13. The van der Waals surface area contributed by atoms with Gasteiger partial charge < -0.3 is 30.6 Å². The Balaban J connectivity index is 1.72. The van der Waals surface area contributed by atoms with Gasteiger partial charge in [-0.05, 0) is 174 Å². The largest absolute Gasteiger partial charge is 0.336 e. The van der Waals surface area contributed by atoms with Crippen molar-refractivity contribution in [2.24, 2.45) is 0 Å². The first-order valence-electron chi connectivity index (χ1n) is 19.8. The van der Waals surface area contributed by atoms with E-state index in [-0.39, 0.29) is 28.9 Å². The van der Waals surface area contributed by atoms with Crippen molar-refractivity contribution in [3.63, 3.8) is 0 Å². The van der Waals surface area contributed by atoms with Crippen LogP contribution in [0.15, 0.2) is 0 Å². The molecule has 0 atom stereocenters.